The minimum atomic E-state index is -0.122. The topological polar surface area (TPSA) is 85.8 Å². The monoisotopic (exact) mass is 265 g/mol. The van der Waals surface area contributed by atoms with Crippen LogP contribution in [0.15, 0.2) is 6.20 Å². The lowest BCUT2D eigenvalue weighted by atomic mass is 10.0. The number of rotatable bonds is 4. The molecular formula is C13H23N5O. The third-order valence-corrected chi connectivity index (χ3v) is 3.72. The second-order valence-corrected chi connectivity index (χ2v) is 5.44. The normalized spacial score (nSPS) is 23.9. The highest BCUT2D eigenvalue weighted by Gasteiger charge is 2.19. The van der Waals surface area contributed by atoms with E-state index in [0.29, 0.717) is 18.8 Å². The van der Waals surface area contributed by atoms with Crippen LogP contribution in [0.5, 0.6) is 0 Å². The van der Waals surface area contributed by atoms with Gasteiger partial charge in [0, 0.05) is 12.6 Å². The van der Waals surface area contributed by atoms with Gasteiger partial charge in [-0.25, -0.2) is 0 Å². The van der Waals surface area contributed by atoms with E-state index < -0.39 is 0 Å². The standard InChI is InChI=1S/C13H23N5O/c1-10-3-2-4-11(6-5-10)15-13(19)12-9-18(8-7-14)17-16-12/h9-11H,2-8,14H2,1H3,(H,15,19). The Morgan fingerprint density at radius 2 is 2.32 bits per heavy atom. The van der Waals surface area contributed by atoms with Crippen LogP contribution in [-0.2, 0) is 6.54 Å². The van der Waals surface area contributed by atoms with Crippen molar-refractivity contribution in [2.45, 2.75) is 51.6 Å². The van der Waals surface area contributed by atoms with Gasteiger partial charge < -0.3 is 11.1 Å². The van der Waals surface area contributed by atoms with Gasteiger partial charge in [0.1, 0.15) is 0 Å². The van der Waals surface area contributed by atoms with E-state index in [-0.39, 0.29) is 11.9 Å². The SMILES string of the molecule is CC1CCCC(NC(=O)c2cn(CCN)nn2)CC1. The molecule has 2 rings (SSSR count). The fourth-order valence-electron chi connectivity index (χ4n) is 2.53. The molecule has 2 atom stereocenters. The van der Waals surface area contributed by atoms with E-state index >= 15 is 0 Å². The number of hydrogen-bond acceptors (Lipinski definition) is 4. The molecular weight excluding hydrogens is 242 g/mol. The van der Waals surface area contributed by atoms with Crippen molar-refractivity contribution in [3.05, 3.63) is 11.9 Å². The first-order chi connectivity index (χ1) is 9.19. The van der Waals surface area contributed by atoms with Gasteiger partial charge >= 0.3 is 0 Å². The van der Waals surface area contributed by atoms with E-state index in [0.717, 1.165) is 18.8 Å². The van der Waals surface area contributed by atoms with E-state index in [9.17, 15) is 4.79 Å². The quantitative estimate of drug-likeness (QED) is 0.793. The number of nitrogens with two attached hydrogens (primary N) is 1. The molecule has 6 nitrogen and oxygen atoms in total. The Balaban J connectivity index is 1.88. The minimum absolute atomic E-state index is 0.122. The number of amides is 1. The Bertz CT molecular complexity index is 417. The van der Waals surface area contributed by atoms with Crippen LogP contribution >= 0.6 is 0 Å². The molecule has 0 aromatic carbocycles. The lowest BCUT2D eigenvalue weighted by Crippen LogP contribution is -2.34. The summed E-state index contributed by atoms with van der Waals surface area (Å²) in [6.45, 7) is 3.36. The first-order valence-corrected chi connectivity index (χ1v) is 7.10. The van der Waals surface area contributed by atoms with E-state index in [1.807, 2.05) is 0 Å². The molecule has 1 aromatic rings. The van der Waals surface area contributed by atoms with Gasteiger partial charge in [-0.2, -0.15) is 0 Å². The van der Waals surface area contributed by atoms with Gasteiger partial charge in [-0.3, -0.25) is 9.48 Å². The molecule has 1 aliphatic carbocycles. The molecule has 0 aliphatic heterocycles. The molecule has 1 aliphatic rings. The number of nitrogens with zero attached hydrogens (tertiary/aromatic N) is 3. The smallest absolute Gasteiger partial charge is 0.273 e. The molecule has 19 heavy (non-hydrogen) atoms. The van der Waals surface area contributed by atoms with Crippen molar-refractivity contribution in [1.29, 1.82) is 0 Å². The van der Waals surface area contributed by atoms with Gasteiger partial charge in [-0.15, -0.1) is 5.10 Å². The molecule has 1 aromatic heterocycles. The molecule has 6 heteroatoms. The van der Waals surface area contributed by atoms with Gasteiger partial charge in [0.05, 0.1) is 12.7 Å². The maximum absolute atomic E-state index is 12.1. The van der Waals surface area contributed by atoms with E-state index in [1.54, 1.807) is 10.9 Å². The van der Waals surface area contributed by atoms with Gasteiger partial charge in [0.25, 0.3) is 5.91 Å². The van der Waals surface area contributed by atoms with Crippen molar-refractivity contribution >= 4 is 5.91 Å². The summed E-state index contributed by atoms with van der Waals surface area (Å²) in [7, 11) is 0. The van der Waals surface area contributed by atoms with E-state index in [4.69, 9.17) is 5.73 Å². The number of hydrogen-bond donors (Lipinski definition) is 2. The zero-order chi connectivity index (χ0) is 13.7. The summed E-state index contributed by atoms with van der Waals surface area (Å²) >= 11 is 0. The fourth-order valence-corrected chi connectivity index (χ4v) is 2.53. The third kappa shape index (κ3) is 4.02. The van der Waals surface area contributed by atoms with Gasteiger partial charge in [0.2, 0.25) is 0 Å². The Morgan fingerprint density at radius 1 is 1.47 bits per heavy atom. The predicted molar refractivity (Wildman–Crippen MR) is 72.6 cm³/mol. The van der Waals surface area contributed by atoms with Crippen LogP contribution < -0.4 is 11.1 Å². The maximum Gasteiger partial charge on any atom is 0.273 e. The van der Waals surface area contributed by atoms with Crippen molar-refractivity contribution in [3.8, 4) is 0 Å². The predicted octanol–water partition coefficient (Wildman–Crippen LogP) is 0.935. The van der Waals surface area contributed by atoms with E-state index in [2.05, 4.69) is 22.6 Å². The van der Waals surface area contributed by atoms with Crippen LogP contribution in [0, 0.1) is 5.92 Å². The summed E-state index contributed by atoms with van der Waals surface area (Å²) in [6, 6.07) is 0.275. The largest absolute Gasteiger partial charge is 0.348 e. The summed E-state index contributed by atoms with van der Waals surface area (Å²) in [5.74, 6) is 0.648. The molecule has 0 spiro atoms. The van der Waals surface area contributed by atoms with Crippen LogP contribution in [0.1, 0.15) is 49.5 Å². The lowest BCUT2D eigenvalue weighted by Gasteiger charge is -2.15. The van der Waals surface area contributed by atoms with E-state index in [1.165, 1.54) is 19.3 Å². The number of carbonyl (C=O) groups excluding carboxylic acids is 1. The van der Waals surface area contributed by atoms with Crippen molar-refractivity contribution in [2.75, 3.05) is 6.54 Å². The van der Waals surface area contributed by atoms with Crippen LogP contribution in [0.3, 0.4) is 0 Å². The first kappa shape index (κ1) is 14.0. The summed E-state index contributed by atoms with van der Waals surface area (Å²) < 4.78 is 1.60. The summed E-state index contributed by atoms with van der Waals surface area (Å²) in [6.07, 6.45) is 7.41. The molecule has 1 saturated carbocycles. The molecule has 0 saturated heterocycles. The number of aromatic nitrogens is 3. The van der Waals surface area contributed by atoms with Crippen LogP contribution in [-0.4, -0.2) is 33.5 Å². The summed E-state index contributed by atoms with van der Waals surface area (Å²) in [5, 5.41) is 10.8. The Hall–Kier alpha value is -1.43. The second kappa shape index (κ2) is 6.65. The highest BCUT2D eigenvalue weighted by molar-refractivity contribution is 5.92. The molecule has 0 bridgehead atoms. The molecule has 1 heterocycles. The Labute approximate surface area is 113 Å². The number of nitrogens with one attached hydrogen (secondary N) is 1. The van der Waals surface area contributed by atoms with Gasteiger partial charge in [-0.05, 0) is 25.2 Å². The van der Waals surface area contributed by atoms with Gasteiger partial charge in [-0.1, -0.05) is 25.0 Å². The lowest BCUT2D eigenvalue weighted by molar-refractivity contribution is 0.0928. The van der Waals surface area contributed by atoms with Crippen LogP contribution in [0.2, 0.25) is 0 Å². The van der Waals surface area contributed by atoms with Crippen LogP contribution in [0.25, 0.3) is 0 Å². The maximum atomic E-state index is 12.1. The fraction of sp³-hybridized carbons (Fsp3) is 0.769. The first-order valence-electron chi connectivity index (χ1n) is 7.10. The molecule has 3 N–H and O–H groups in total. The Kier molecular flexibility index (Phi) is 4.90. The van der Waals surface area contributed by atoms with Crippen molar-refractivity contribution in [2.24, 2.45) is 11.7 Å². The molecule has 106 valence electrons. The molecule has 2 unspecified atom stereocenters. The number of carbonyl (C=O) groups is 1. The average molecular weight is 265 g/mol. The Morgan fingerprint density at radius 3 is 3.11 bits per heavy atom. The summed E-state index contributed by atoms with van der Waals surface area (Å²) in [4.78, 5) is 12.1. The van der Waals surface area contributed by atoms with Gasteiger partial charge in [0.15, 0.2) is 5.69 Å². The van der Waals surface area contributed by atoms with Crippen molar-refractivity contribution < 1.29 is 4.79 Å². The second-order valence-electron chi connectivity index (χ2n) is 5.44. The zero-order valence-corrected chi connectivity index (χ0v) is 11.5. The average Bonchev–Trinajstić information content (AvgIpc) is 2.75. The van der Waals surface area contributed by atoms with Crippen molar-refractivity contribution in [1.82, 2.24) is 20.3 Å². The summed E-state index contributed by atoms with van der Waals surface area (Å²) in [5.41, 5.74) is 5.82. The van der Waals surface area contributed by atoms with Crippen molar-refractivity contribution in [3.63, 3.8) is 0 Å². The zero-order valence-electron chi connectivity index (χ0n) is 11.5. The van der Waals surface area contributed by atoms with Crippen LogP contribution in [0.4, 0.5) is 0 Å². The molecule has 1 fully saturated rings. The minimum Gasteiger partial charge on any atom is -0.348 e. The molecule has 1 amide bonds. The highest BCUT2D eigenvalue weighted by atomic mass is 16.2. The third-order valence-electron chi connectivity index (χ3n) is 3.72. The molecule has 0 radical (unpaired) electrons. The highest BCUT2D eigenvalue weighted by Crippen LogP contribution is 2.22.